The lowest BCUT2D eigenvalue weighted by atomic mass is 9.45. The number of hydrogen-bond donors (Lipinski definition) is 7. The quantitative estimate of drug-likeness (QED) is 0.0857. The van der Waals surface area contributed by atoms with Crippen LogP contribution in [-0.2, 0) is 4.74 Å². The minimum absolute atomic E-state index is 0.000880. The highest BCUT2D eigenvalue weighted by atomic mass is 32.1. The summed E-state index contributed by atoms with van der Waals surface area (Å²) in [6, 6.07) is 8.45. The Morgan fingerprint density at radius 1 is 0.714 bits per heavy atom. The van der Waals surface area contributed by atoms with Gasteiger partial charge in [-0.2, -0.15) is 0 Å². The fraction of sp³-hybridized carbons (Fsp3) is 0.680. The highest BCUT2D eigenvalue weighted by Gasteiger charge is 2.59. The number of thiocarbonyl (C=S) groups is 2. The van der Waals surface area contributed by atoms with Crippen molar-refractivity contribution in [3.05, 3.63) is 47.5 Å². The van der Waals surface area contributed by atoms with Crippen LogP contribution in [0.3, 0.4) is 0 Å². The molecule has 4 aliphatic carbocycles. The molecule has 0 aromatic heterocycles. The van der Waals surface area contributed by atoms with Crippen LogP contribution in [0.25, 0.3) is 0 Å². The molecule has 0 unspecified atom stereocenters. The molecule has 0 bridgehead atoms. The molecule has 0 spiro atoms. The van der Waals surface area contributed by atoms with Crippen molar-refractivity contribution >= 4 is 46.3 Å². The van der Waals surface area contributed by atoms with Crippen LogP contribution < -0.4 is 16.4 Å². The molecule has 63 heavy (non-hydrogen) atoms. The van der Waals surface area contributed by atoms with Crippen molar-refractivity contribution < 1.29 is 34.8 Å². The van der Waals surface area contributed by atoms with E-state index in [-0.39, 0.29) is 92.0 Å². The van der Waals surface area contributed by atoms with Crippen LogP contribution in [0.4, 0.5) is 0 Å². The number of aromatic hydroxyl groups is 4. The minimum atomic E-state index is -0.223. The highest BCUT2D eigenvalue weighted by molar-refractivity contribution is 7.80. The summed E-state index contributed by atoms with van der Waals surface area (Å²) in [5.41, 5.74) is 7.30. The zero-order chi connectivity index (χ0) is 47.1. The van der Waals surface area contributed by atoms with Crippen LogP contribution >= 0.6 is 24.4 Å². The molecular formula is C50H76N4O7S2. The van der Waals surface area contributed by atoms with E-state index in [0.29, 0.717) is 28.1 Å². The number of benzene rings is 2. The van der Waals surface area contributed by atoms with E-state index < -0.39 is 0 Å². The van der Waals surface area contributed by atoms with Crippen LogP contribution in [0.5, 0.6) is 23.0 Å². The number of phenolic OH excluding ortho intramolecular Hbond substituents is 4. The van der Waals surface area contributed by atoms with Gasteiger partial charge in [0.1, 0.15) is 23.0 Å². The second-order valence-electron chi connectivity index (χ2n) is 20.8. The van der Waals surface area contributed by atoms with Crippen LogP contribution in [-0.4, -0.2) is 81.7 Å². The van der Waals surface area contributed by atoms with Crippen LogP contribution in [0.2, 0.25) is 0 Å². The summed E-state index contributed by atoms with van der Waals surface area (Å²) in [4.78, 5) is 30.5. The van der Waals surface area contributed by atoms with Crippen molar-refractivity contribution in [1.82, 2.24) is 10.6 Å². The van der Waals surface area contributed by atoms with Crippen molar-refractivity contribution in [2.75, 3.05) is 27.3 Å². The molecule has 5 fully saturated rings. The molecule has 0 radical (unpaired) electrons. The number of nitrogens with one attached hydrogen (secondary N) is 2. The second kappa shape index (κ2) is 21.6. The smallest absolute Gasteiger partial charge is 0.167 e. The predicted molar refractivity (Wildman–Crippen MR) is 259 cm³/mol. The lowest BCUT2D eigenvalue weighted by molar-refractivity contribution is -0.0892. The van der Waals surface area contributed by atoms with E-state index in [1.165, 1.54) is 55.7 Å². The number of hydrogen-bond acceptors (Lipinski definition) is 11. The number of ketones is 2. The molecule has 5 aliphatic rings. The van der Waals surface area contributed by atoms with Crippen molar-refractivity contribution in [2.24, 2.45) is 67.9 Å². The van der Waals surface area contributed by atoms with Gasteiger partial charge in [0.05, 0.1) is 5.16 Å². The molecule has 1 heterocycles. The molecule has 1 saturated heterocycles. The number of phenols is 4. The van der Waals surface area contributed by atoms with Crippen molar-refractivity contribution in [3.8, 4) is 23.0 Å². The number of Topliss-reactive ketones (excluding diaryl/α,β-unsaturated/α-hetero) is 2. The van der Waals surface area contributed by atoms with E-state index in [1.807, 2.05) is 0 Å². The molecule has 350 valence electrons. The van der Waals surface area contributed by atoms with E-state index in [9.17, 15) is 30.0 Å². The average molecular weight is 909 g/mol. The summed E-state index contributed by atoms with van der Waals surface area (Å²) in [5.74, 6) is 0.152. The molecule has 13 heteroatoms. The zero-order valence-corrected chi connectivity index (χ0v) is 41.1. The van der Waals surface area contributed by atoms with E-state index in [1.54, 1.807) is 14.1 Å². The summed E-state index contributed by atoms with van der Waals surface area (Å²) >= 11 is 9.52. The minimum Gasteiger partial charge on any atom is -0.508 e. The number of isothiocyanates is 1. The first-order valence-electron chi connectivity index (χ1n) is 22.9. The van der Waals surface area contributed by atoms with E-state index in [0.717, 1.165) is 58.2 Å². The third kappa shape index (κ3) is 12.0. The Morgan fingerprint density at radius 2 is 1.11 bits per heavy atom. The number of nitrogens with two attached hydrogens (primary N) is 1. The maximum Gasteiger partial charge on any atom is 0.167 e. The van der Waals surface area contributed by atoms with Gasteiger partial charge in [0.15, 0.2) is 16.7 Å². The Kier molecular flexibility index (Phi) is 17.8. The van der Waals surface area contributed by atoms with Gasteiger partial charge < -0.3 is 41.5 Å². The van der Waals surface area contributed by atoms with Gasteiger partial charge >= 0.3 is 0 Å². The van der Waals surface area contributed by atoms with E-state index in [4.69, 9.17) is 22.7 Å². The first kappa shape index (κ1) is 52.0. The second-order valence-corrected chi connectivity index (χ2v) is 21.4. The number of aliphatic imine (C=N–C) groups is 1. The zero-order valence-electron chi connectivity index (χ0n) is 39.4. The first-order chi connectivity index (χ1) is 29.5. The molecule has 11 nitrogen and oxygen atoms in total. The molecule has 2 aromatic carbocycles. The van der Waals surface area contributed by atoms with Crippen LogP contribution in [0.15, 0.2) is 41.4 Å². The lowest BCUT2D eigenvalue weighted by Crippen LogP contribution is -2.61. The number of ether oxygens (including phenoxy) is 1. The number of nitrogens with zero attached hydrogens (tertiary/aromatic N) is 1. The van der Waals surface area contributed by atoms with Gasteiger partial charge in [0.25, 0.3) is 0 Å². The standard InChI is InChI=1S/C23H34N2O3S.C21H31NO3.C4H8O.C2H3NS/c1-13-17(25-21(29)24-5)12-18-22(2,3)7-6-8-23(18,4)19(13)20(28)14-9-15(26)11-16(27)10-14;1-12-16(22)11-17-20(2,3)6-5-7-21(17,4)18(12)19(25)13-8-14(23)10-15(24)9-13;1-2-4-5-3-1;1-3-2-4/h9-11,13,17-19,26-27H,6-8,12H2,1-5H3,(H2,24,25,29);8-10,12,16-18,23-24H,5-7,11,22H2,1-4H3;1-4H2;1H3/t13-,17-,18+,19-,23+;12-,16-,17+,18-,21+;;/m11../s1. The van der Waals surface area contributed by atoms with Crippen molar-refractivity contribution in [1.29, 1.82) is 0 Å². The van der Waals surface area contributed by atoms with Crippen LogP contribution in [0, 0.1) is 57.2 Å². The molecule has 7 rings (SSSR count). The highest BCUT2D eigenvalue weighted by Crippen LogP contribution is 2.63. The maximum absolute atomic E-state index is 13.8. The number of carbonyl (C=O) groups is 2. The summed E-state index contributed by atoms with van der Waals surface area (Å²) < 4.78 is 4.94. The monoisotopic (exact) mass is 909 g/mol. The van der Waals surface area contributed by atoms with Gasteiger partial charge in [-0.15, -0.1) is 0 Å². The SMILES string of the molecule is C1CCOC1.CN=C=S.CNC(=S)N[C@@H]1C[C@H]2C(C)(C)CCC[C@]2(C)[C@@H](C(=O)c2cc(O)cc(O)c2)[C@@H]1C.C[C@@H]1[C@H](N)C[C@H]2C(C)(C)CCC[C@]2(C)[C@H]1C(=O)c1cc(O)cc(O)c1. The Balaban J connectivity index is 0.000000232. The molecule has 10 atom stereocenters. The fourth-order valence-electron chi connectivity index (χ4n) is 12.7. The van der Waals surface area contributed by atoms with Gasteiger partial charge in [-0.1, -0.05) is 68.2 Å². The first-order valence-corrected chi connectivity index (χ1v) is 23.7. The molecule has 4 saturated carbocycles. The Hall–Kier alpha value is -3.61. The Labute approximate surface area is 387 Å². The molecule has 0 amide bonds. The van der Waals surface area contributed by atoms with Gasteiger partial charge in [-0.05, 0) is 145 Å². The van der Waals surface area contributed by atoms with Gasteiger partial charge in [-0.25, -0.2) is 4.99 Å². The number of fused-ring (bicyclic) bond motifs is 2. The third-order valence-electron chi connectivity index (χ3n) is 15.7. The summed E-state index contributed by atoms with van der Waals surface area (Å²) in [7, 11) is 3.39. The molecule has 2 aromatic rings. The van der Waals surface area contributed by atoms with Crippen molar-refractivity contribution in [3.63, 3.8) is 0 Å². The number of rotatable bonds is 5. The topological polar surface area (TPSA) is 187 Å². The van der Waals surface area contributed by atoms with Gasteiger partial charge in [-0.3, -0.25) is 9.59 Å². The molecular weight excluding hydrogens is 833 g/mol. The third-order valence-corrected chi connectivity index (χ3v) is 16.2. The van der Waals surface area contributed by atoms with E-state index >= 15 is 0 Å². The lowest BCUT2D eigenvalue weighted by Gasteiger charge is -2.60. The summed E-state index contributed by atoms with van der Waals surface area (Å²) in [5, 5.41) is 48.6. The normalized spacial score (nSPS) is 32.4. The Bertz CT molecular complexity index is 1920. The predicted octanol–water partition coefficient (Wildman–Crippen LogP) is 9.84. The molecule has 8 N–H and O–H groups in total. The van der Waals surface area contributed by atoms with Crippen LogP contribution in [0.1, 0.15) is 140 Å². The maximum atomic E-state index is 13.8. The fourth-order valence-corrected chi connectivity index (χ4v) is 12.9. The Morgan fingerprint density at radius 3 is 1.48 bits per heavy atom. The largest absolute Gasteiger partial charge is 0.508 e. The molecule has 1 aliphatic heterocycles. The summed E-state index contributed by atoms with van der Waals surface area (Å²) in [6.45, 7) is 20.0. The summed E-state index contributed by atoms with van der Waals surface area (Å²) in [6.07, 6.45) is 11.1. The van der Waals surface area contributed by atoms with Gasteiger partial charge in [0, 0.05) is 74.5 Å². The van der Waals surface area contributed by atoms with Gasteiger partial charge in [0.2, 0.25) is 0 Å². The number of carbonyl (C=O) groups excluding carboxylic acids is 2. The van der Waals surface area contributed by atoms with E-state index in [2.05, 4.69) is 88.4 Å². The average Bonchev–Trinajstić information content (AvgIpc) is 3.80. The van der Waals surface area contributed by atoms with Crippen molar-refractivity contribution in [2.45, 2.75) is 132 Å².